The zero-order valence-electron chi connectivity index (χ0n) is 10.4. The van der Waals surface area contributed by atoms with Crippen LogP contribution in [0.5, 0.6) is 5.75 Å². The number of carbonyl (C=O) groups is 1. The second-order valence-corrected chi connectivity index (χ2v) is 4.81. The molecule has 1 aliphatic heterocycles. The Morgan fingerprint density at radius 1 is 1.37 bits per heavy atom. The first kappa shape index (κ1) is 14.6. The molecule has 1 saturated heterocycles. The first-order valence-electron chi connectivity index (χ1n) is 5.99. The van der Waals surface area contributed by atoms with Gasteiger partial charge in [0.25, 0.3) is 0 Å². The van der Waals surface area contributed by atoms with Crippen LogP contribution in [0.25, 0.3) is 0 Å². The van der Waals surface area contributed by atoms with Gasteiger partial charge in [0, 0.05) is 11.6 Å². The molecule has 0 radical (unpaired) electrons. The summed E-state index contributed by atoms with van der Waals surface area (Å²) in [7, 11) is 0. The van der Waals surface area contributed by atoms with E-state index in [1.54, 1.807) is 6.07 Å². The number of carbonyl (C=O) groups excluding carboxylic acids is 1. The van der Waals surface area contributed by atoms with Gasteiger partial charge in [0.1, 0.15) is 11.9 Å². The minimum Gasteiger partial charge on any atom is -0.492 e. The summed E-state index contributed by atoms with van der Waals surface area (Å²) < 4.78 is 15.9. The van der Waals surface area contributed by atoms with Crippen molar-refractivity contribution in [3.63, 3.8) is 0 Å². The lowest BCUT2D eigenvalue weighted by Gasteiger charge is -2.22. The molecule has 1 aromatic rings. The van der Waals surface area contributed by atoms with Crippen molar-refractivity contribution in [2.24, 2.45) is 0 Å². The normalized spacial score (nSPS) is 19.2. The van der Waals surface area contributed by atoms with Crippen molar-refractivity contribution >= 4 is 29.0 Å². The van der Waals surface area contributed by atoms with Gasteiger partial charge < -0.3 is 14.2 Å². The predicted octanol–water partition coefficient (Wildman–Crippen LogP) is 2.99. The molecule has 1 atom stereocenters. The Morgan fingerprint density at radius 3 is 2.79 bits per heavy atom. The van der Waals surface area contributed by atoms with Crippen LogP contribution in [0.1, 0.15) is 17.3 Å². The summed E-state index contributed by atoms with van der Waals surface area (Å²) in [6, 6.07) is 3.06. The molecule has 0 amide bonds. The van der Waals surface area contributed by atoms with Crippen molar-refractivity contribution in [3.05, 3.63) is 27.7 Å². The first-order valence-corrected chi connectivity index (χ1v) is 6.74. The van der Waals surface area contributed by atoms with E-state index in [1.807, 2.05) is 6.92 Å². The van der Waals surface area contributed by atoms with Crippen LogP contribution >= 0.6 is 23.2 Å². The van der Waals surface area contributed by atoms with E-state index in [-0.39, 0.29) is 12.4 Å². The van der Waals surface area contributed by atoms with Crippen LogP contribution in [0, 0.1) is 0 Å². The van der Waals surface area contributed by atoms with E-state index in [4.69, 9.17) is 37.4 Å². The van der Waals surface area contributed by atoms with Crippen molar-refractivity contribution in [1.29, 1.82) is 0 Å². The highest BCUT2D eigenvalue weighted by atomic mass is 35.5. The molecule has 2 rings (SSSR count). The molecule has 0 aromatic heterocycles. The van der Waals surface area contributed by atoms with Crippen molar-refractivity contribution in [2.45, 2.75) is 13.0 Å². The summed E-state index contributed by atoms with van der Waals surface area (Å²) in [4.78, 5) is 12.3. The average Bonchev–Trinajstić information content (AvgIpc) is 2.43. The van der Waals surface area contributed by atoms with Crippen LogP contribution < -0.4 is 4.74 Å². The number of benzene rings is 1. The smallest absolute Gasteiger partial charge is 0.195 e. The monoisotopic (exact) mass is 304 g/mol. The van der Waals surface area contributed by atoms with E-state index in [0.717, 1.165) is 0 Å². The second kappa shape index (κ2) is 6.57. The van der Waals surface area contributed by atoms with Gasteiger partial charge in [0.2, 0.25) is 0 Å². The molecule has 1 fully saturated rings. The van der Waals surface area contributed by atoms with Crippen LogP contribution in [-0.2, 0) is 9.47 Å². The van der Waals surface area contributed by atoms with Gasteiger partial charge in [-0.2, -0.15) is 0 Å². The third kappa shape index (κ3) is 3.39. The van der Waals surface area contributed by atoms with Gasteiger partial charge in [-0.15, -0.1) is 0 Å². The first-order chi connectivity index (χ1) is 9.13. The molecule has 0 bridgehead atoms. The summed E-state index contributed by atoms with van der Waals surface area (Å²) in [5.41, 5.74) is 0.325. The quantitative estimate of drug-likeness (QED) is 0.802. The largest absolute Gasteiger partial charge is 0.492 e. The lowest BCUT2D eigenvalue weighted by Crippen LogP contribution is -2.35. The Labute approximate surface area is 121 Å². The minimum atomic E-state index is -0.625. The Hall–Kier alpha value is -0.810. The van der Waals surface area contributed by atoms with E-state index in [9.17, 15) is 4.79 Å². The average molecular weight is 305 g/mol. The summed E-state index contributed by atoms with van der Waals surface area (Å²) in [6.07, 6.45) is -0.625. The van der Waals surface area contributed by atoms with E-state index < -0.39 is 6.10 Å². The van der Waals surface area contributed by atoms with E-state index >= 15 is 0 Å². The third-order valence-corrected chi connectivity index (χ3v) is 3.30. The van der Waals surface area contributed by atoms with Gasteiger partial charge in [-0.1, -0.05) is 23.2 Å². The van der Waals surface area contributed by atoms with Crippen LogP contribution in [0.15, 0.2) is 12.1 Å². The van der Waals surface area contributed by atoms with E-state index in [1.165, 1.54) is 6.07 Å². The molecule has 1 unspecified atom stereocenters. The molecule has 0 spiro atoms. The fourth-order valence-corrected chi connectivity index (χ4v) is 2.26. The number of Topliss-reactive ketones (excluding diaryl/α,β-unsaturated/α-hetero) is 1. The maximum Gasteiger partial charge on any atom is 0.195 e. The molecular formula is C13H14Cl2O4. The maximum atomic E-state index is 12.3. The third-order valence-electron chi connectivity index (χ3n) is 2.70. The summed E-state index contributed by atoms with van der Waals surface area (Å²) >= 11 is 12.2. The summed E-state index contributed by atoms with van der Waals surface area (Å²) in [5.74, 6) is 0.237. The number of hydrogen-bond donors (Lipinski definition) is 0. The maximum absolute atomic E-state index is 12.3. The molecule has 0 aliphatic carbocycles. The van der Waals surface area contributed by atoms with Crippen molar-refractivity contribution in [3.8, 4) is 5.75 Å². The molecule has 0 N–H and O–H groups in total. The van der Waals surface area contributed by atoms with Crippen LogP contribution in [0.2, 0.25) is 10.0 Å². The molecule has 19 heavy (non-hydrogen) atoms. The van der Waals surface area contributed by atoms with Gasteiger partial charge >= 0.3 is 0 Å². The Morgan fingerprint density at radius 2 is 2.16 bits per heavy atom. The zero-order valence-corrected chi connectivity index (χ0v) is 12.0. The molecule has 4 nitrogen and oxygen atoms in total. The van der Waals surface area contributed by atoms with Crippen molar-refractivity contribution in [1.82, 2.24) is 0 Å². The van der Waals surface area contributed by atoms with Gasteiger partial charge in [0.05, 0.1) is 36.5 Å². The van der Waals surface area contributed by atoms with Crippen molar-refractivity contribution < 1.29 is 19.0 Å². The molecule has 1 heterocycles. The van der Waals surface area contributed by atoms with Gasteiger partial charge in [-0.25, -0.2) is 0 Å². The summed E-state index contributed by atoms with van der Waals surface area (Å²) in [6.45, 7) is 3.46. The van der Waals surface area contributed by atoms with Crippen molar-refractivity contribution in [2.75, 3.05) is 26.4 Å². The number of hydrogen-bond acceptors (Lipinski definition) is 4. The Balaban J connectivity index is 2.24. The Kier molecular flexibility index (Phi) is 5.05. The highest BCUT2D eigenvalue weighted by Gasteiger charge is 2.26. The van der Waals surface area contributed by atoms with E-state index in [2.05, 4.69) is 0 Å². The molecule has 1 aliphatic rings. The standard InChI is InChI=1S/C13H14Cl2O4/c1-2-18-11-6-9(14)8(5-10(11)15)13(16)12-7-17-3-4-19-12/h5-6,12H,2-4,7H2,1H3. The number of halogens is 2. The fraction of sp³-hybridized carbons (Fsp3) is 0.462. The highest BCUT2D eigenvalue weighted by molar-refractivity contribution is 6.37. The lowest BCUT2D eigenvalue weighted by molar-refractivity contribution is -0.0719. The number of rotatable bonds is 4. The number of ketones is 1. The lowest BCUT2D eigenvalue weighted by atomic mass is 10.1. The molecular weight excluding hydrogens is 291 g/mol. The number of ether oxygens (including phenoxy) is 3. The van der Waals surface area contributed by atoms with Gasteiger partial charge in [0.15, 0.2) is 5.78 Å². The molecule has 6 heteroatoms. The molecule has 104 valence electrons. The Bertz CT molecular complexity index is 470. The van der Waals surface area contributed by atoms with Crippen LogP contribution in [-0.4, -0.2) is 38.3 Å². The second-order valence-electron chi connectivity index (χ2n) is 3.99. The molecule has 0 saturated carbocycles. The van der Waals surface area contributed by atoms with Gasteiger partial charge in [-0.05, 0) is 13.0 Å². The van der Waals surface area contributed by atoms with Gasteiger partial charge in [-0.3, -0.25) is 4.79 Å². The zero-order chi connectivity index (χ0) is 13.8. The van der Waals surface area contributed by atoms with E-state index in [0.29, 0.717) is 41.2 Å². The summed E-state index contributed by atoms with van der Waals surface area (Å²) in [5, 5.41) is 0.651. The molecule has 1 aromatic carbocycles. The topological polar surface area (TPSA) is 44.8 Å². The SMILES string of the molecule is CCOc1cc(Cl)c(C(=O)C2COCCO2)cc1Cl. The minimum absolute atomic E-state index is 0.227. The van der Waals surface area contributed by atoms with Crippen LogP contribution in [0.4, 0.5) is 0 Å². The van der Waals surface area contributed by atoms with Crippen LogP contribution in [0.3, 0.4) is 0 Å². The highest BCUT2D eigenvalue weighted by Crippen LogP contribution is 2.32. The predicted molar refractivity (Wildman–Crippen MR) is 72.5 cm³/mol. The fourth-order valence-electron chi connectivity index (χ4n) is 1.80.